The Labute approximate surface area is 548 Å². The normalized spacial score (nSPS) is 9.15. The Morgan fingerprint density at radius 3 is 1.26 bits per heavy atom. The summed E-state index contributed by atoms with van der Waals surface area (Å²) in [4.78, 5) is 29.0. The molecule has 0 amide bonds. The van der Waals surface area contributed by atoms with Gasteiger partial charge in [-0.15, -0.1) is 0 Å². The molecule has 0 fully saturated rings. The predicted molar refractivity (Wildman–Crippen MR) is 405 cm³/mol. The van der Waals surface area contributed by atoms with E-state index in [1.165, 1.54) is 97.8 Å². The van der Waals surface area contributed by atoms with Crippen LogP contribution in [0.4, 0.5) is 0 Å². The van der Waals surface area contributed by atoms with E-state index in [0.717, 1.165) is 16.9 Å². The maximum Gasteiger partial charge on any atom is 0.0731 e. The van der Waals surface area contributed by atoms with Crippen molar-refractivity contribution in [2.45, 2.75) is 145 Å². The van der Waals surface area contributed by atoms with Crippen LogP contribution in [0.5, 0.6) is 0 Å². The summed E-state index contributed by atoms with van der Waals surface area (Å²) in [6, 6.07) is 64.3. The minimum Gasteiger partial charge on any atom is -0.264 e. The van der Waals surface area contributed by atoms with Crippen LogP contribution in [-0.2, 0) is 0 Å². The van der Waals surface area contributed by atoms with Crippen molar-refractivity contribution in [1.82, 2.24) is 34.9 Å². The molecule has 7 aromatic carbocycles. The van der Waals surface area contributed by atoms with Gasteiger partial charge in [0.05, 0.1) is 5.52 Å². The minimum absolute atomic E-state index is 1.07. The first-order valence-corrected chi connectivity index (χ1v) is 32.7. The lowest BCUT2D eigenvalue weighted by molar-refractivity contribution is 1.22. The van der Waals surface area contributed by atoms with Crippen LogP contribution in [0.15, 0.2) is 256 Å². The average molecular weight is 1210 g/mol. The molecule has 91 heavy (non-hydrogen) atoms. The highest BCUT2D eigenvalue weighted by Crippen LogP contribution is 2.19. The Morgan fingerprint density at radius 2 is 0.648 bits per heavy atom. The molecule has 14 rings (SSSR count). The summed E-state index contributed by atoms with van der Waals surface area (Å²) in [6.45, 7) is 42.5. The first-order valence-electron chi connectivity index (χ1n) is 32.7. The van der Waals surface area contributed by atoms with Gasteiger partial charge in [-0.05, 0) is 140 Å². The van der Waals surface area contributed by atoms with E-state index in [-0.39, 0.29) is 0 Å². The fourth-order valence-electron chi connectivity index (χ4n) is 8.68. The molecule has 0 radical (unpaired) electrons. The Bertz CT molecular complexity index is 3640. The van der Waals surface area contributed by atoms with Crippen molar-refractivity contribution in [2.75, 3.05) is 0 Å². The zero-order valence-corrected chi connectivity index (χ0v) is 58.9. The topological polar surface area (TPSA) is 90.2 Å². The van der Waals surface area contributed by atoms with Gasteiger partial charge in [0.2, 0.25) is 0 Å². The lowest BCUT2D eigenvalue weighted by Crippen LogP contribution is -1.80. The molecule has 0 aliphatic carbocycles. The fourth-order valence-corrected chi connectivity index (χ4v) is 8.68. The van der Waals surface area contributed by atoms with Crippen molar-refractivity contribution >= 4 is 75.5 Å². The van der Waals surface area contributed by atoms with Crippen LogP contribution in [0, 0.1) is 48.5 Å². The molecular weight excluding hydrogens is 1110 g/mol. The quantitative estimate of drug-likeness (QED) is 0.149. The summed E-state index contributed by atoms with van der Waals surface area (Å²) in [6.07, 6.45) is 20.5. The van der Waals surface area contributed by atoms with Crippen LogP contribution in [0.1, 0.15) is 136 Å². The molecule has 0 spiro atoms. The van der Waals surface area contributed by atoms with E-state index in [2.05, 4.69) is 197 Å². The molecule has 0 aliphatic heterocycles. The van der Waals surface area contributed by atoms with Crippen LogP contribution >= 0.6 is 0 Å². The van der Waals surface area contributed by atoms with Gasteiger partial charge in [-0.1, -0.05) is 254 Å². The van der Waals surface area contributed by atoms with E-state index < -0.39 is 0 Å². The second kappa shape index (κ2) is 48.3. The van der Waals surface area contributed by atoms with E-state index >= 15 is 0 Å². The highest BCUT2D eigenvalue weighted by atomic mass is 14.7. The average Bonchev–Trinajstić information content (AvgIpc) is 3.33. The molecule has 0 bridgehead atoms. The summed E-state index contributed by atoms with van der Waals surface area (Å²) in [5, 5.41) is 16.2. The maximum absolute atomic E-state index is 4.28. The molecular formula is C84H105N7. The Kier molecular flexibility index (Phi) is 42.2. The van der Waals surface area contributed by atoms with Crippen LogP contribution in [0.3, 0.4) is 0 Å². The predicted octanol–water partition coefficient (Wildman–Crippen LogP) is 25.0. The van der Waals surface area contributed by atoms with Gasteiger partial charge in [0.1, 0.15) is 0 Å². The first-order chi connectivity index (χ1) is 44.6. The van der Waals surface area contributed by atoms with E-state index in [1.807, 2.05) is 240 Å². The van der Waals surface area contributed by atoms with Crippen molar-refractivity contribution in [3.05, 3.63) is 295 Å². The number of hydrogen-bond donors (Lipinski definition) is 0. The lowest BCUT2D eigenvalue weighted by atomic mass is 10.1. The van der Waals surface area contributed by atoms with Gasteiger partial charge in [-0.3, -0.25) is 34.9 Å². The number of pyridine rings is 7. The molecule has 0 atom stereocenters. The molecule has 0 saturated carbocycles. The van der Waals surface area contributed by atoms with Crippen LogP contribution < -0.4 is 0 Å². The number of nitrogens with zero attached hydrogens (tertiary/aromatic N) is 7. The van der Waals surface area contributed by atoms with Gasteiger partial charge in [-0.2, -0.15) is 0 Å². The van der Waals surface area contributed by atoms with Gasteiger partial charge in [-0.25, -0.2) is 0 Å². The standard InChI is InChI=1S/7C10H9N.7C2H6/c1-8-4-2-5-9-6-3-7-11-10(8)9;1-8-2-3-10-7-11-5-4-9(10)6-8;1-8-2-3-9-4-5-11-7-10(9)6-8;1-8-3-2-4-9-7-11-6-5-10(8)9;1-8-6-11-7-9-4-2-3-5-10(8)9;1-8-6-9-4-2-3-5-10(9)7-11-8;1-8-10-5-3-2-4-9(10)6-7-11-8;7*1-2/h7*2-7H,1H3;7*1-2H3. The molecule has 7 heteroatoms. The third kappa shape index (κ3) is 27.4. The molecule has 14 aromatic rings. The van der Waals surface area contributed by atoms with E-state index in [0.29, 0.717) is 0 Å². The highest BCUT2D eigenvalue weighted by Gasteiger charge is 1.98. The van der Waals surface area contributed by atoms with Crippen LogP contribution in [0.2, 0.25) is 0 Å². The van der Waals surface area contributed by atoms with Crippen molar-refractivity contribution in [3.63, 3.8) is 0 Å². The second-order valence-corrected chi connectivity index (χ2v) is 18.7. The zero-order chi connectivity index (χ0) is 67.8. The van der Waals surface area contributed by atoms with Crippen molar-refractivity contribution < 1.29 is 0 Å². The number of benzene rings is 7. The number of para-hydroxylation sites is 1. The monoisotopic (exact) mass is 1210 g/mol. The number of aryl methyl sites for hydroxylation is 7. The smallest absolute Gasteiger partial charge is 0.0731 e. The lowest BCUT2D eigenvalue weighted by Gasteiger charge is -1.98. The number of aromatic nitrogens is 7. The maximum atomic E-state index is 4.28. The van der Waals surface area contributed by atoms with Gasteiger partial charge in [0.15, 0.2) is 0 Å². The molecule has 0 unspecified atom stereocenters. The van der Waals surface area contributed by atoms with E-state index in [9.17, 15) is 0 Å². The molecule has 7 aromatic heterocycles. The summed E-state index contributed by atoms with van der Waals surface area (Å²) >= 11 is 0. The van der Waals surface area contributed by atoms with Crippen LogP contribution in [0.25, 0.3) is 75.5 Å². The molecule has 0 N–H and O–H groups in total. The molecule has 476 valence electrons. The Hall–Kier alpha value is -9.59. The molecule has 0 saturated heterocycles. The van der Waals surface area contributed by atoms with Crippen molar-refractivity contribution in [1.29, 1.82) is 0 Å². The summed E-state index contributed by atoms with van der Waals surface area (Å²) in [5.41, 5.74) is 9.65. The SMILES string of the molecule is CC.CC.CC.CC.CC.CC.CC.Cc1cc2ccccc2cn1.Cc1ccc2ccncc2c1.Cc1ccc2cnccc2c1.Cc1cccc2cccnc12.Cc1cccc2cnccc12.Cc1cncc2ccccc12.Cc1nccc2ccccc12. The largest absolute Gasteiger partial charge is 0.264 e. The number of rotatable bonds is 0. The van der Waals surface area contributed by atoms with E-state index in [1.54, 1.807) is 0 Å². The number of fused-ring (bicyclic) bond motifs is 7. The zero-order valence-electron chi connectivity index (χ0n) is 58.9. The third-order valence-electron chi connectivity index (χ3n) is 12.8. The van der Waals surface area contributed by atoms with Gasteiger partial charge < -0.3 is 0 Å². The van der Waals surface area contributed by atoms with Crippen molar-refractivity contribution in [2.24, 2.45) is 0 Å². The highest BCUT2D eigenvalue weighted by molar-refractivity contribution is 5.87. The van der Waals surface area contributed by atoms with Gasteiger partial charge in [0, 0.05) is 117 Å². The second-order valence-electron chi connectivity index (χ2n) is 18.7. The molecule has 0 aliphatic rings. The first kappa shape index (κ1) is 79.4. The minimum atomic E-state index is 1.07. The summed E-state index contributed by atoms with van der Waals surface area (Å²) < 4.78 is 0. The molecule has 7 nitrogen and oxygen atoms in total. The summed E-state index contributed by atoms with van der Waals surface area (Å²) in [7, 11) is 0. The van der Waals surface area contributed by atoms with Crippen LogP contribution in [-0.4, -0.2) is 34.9 Å². The Balaban J connectivity index is 0.000000514. The third-order valence-corrected chi connectivity index (χ3v) is 12.8. The Morgan fingerprint density at radius 1 is 0.220 bits per heavy atom. The van der Waals surface area contributed by atoms with Gasteiger partial charge in [0.25, 0.3) is 0 Å². The molecule has 7 heterocycles. The fraction of sp³-hybridized carbons (Fsp3) is 0.250. The summed E-state index contributed by atoms with van der Waals surface area (Å²) in [5.74, 6) is 0. The van der Waals surface area contributed by atoms with E-state index in [4.69, 9.17) is 0 Å². The van der Waals surface area contributed by atoms with Gasteiger partial charge >= 0.3 is 0 Å². The number of hydrogen-bond acceptors (Lipinski definition) is 7. The van der Waals surface area contributed by atoms with Crippen molar-refractivity contribution in [3.8, 4) is 0 Å².